The van der Waals surface area contributed by atoms with E-state index in [9.17, 15) is 0 Å². The third-order valence-electron chi connectivity index (χ3n) is 4.04. The number of piperidine rings is 1. The molecule has 4 nitrogen and oxygen atoms in total. The van der Waals surface area contributed by atoms with Gasteiger partial charge in [-0.15, -0.1) is 0 Å². The minimum atomic E-state index is 0.112. The van der Waals surface area contributed by atoms with E-state index < -0.39 is 0 Å². The monoisotopic (exact) mass is 250 g/mol. The summed E-state index contributed by atoms with van der Waals surface area (Å²) in [5.74, 6) is 0. The molecule has 0 spiro atoms. The van der Waals surface area contributed by atoms with Gasteiger partial charge in [-0.2, -0.15) is 0 Å². The summed E-state index contributed by atoms with van der Waals surface area (Å²) >= 11 is 0. The summed E-state index contributed by atoms with van der Waals surface area (Å²) in [6.45, 7) is 7.92. The van der Waals surface area contributed by atoms with Crippen LogP contribution in [0.3, 0.4) is 0 Å². The summed E-state index contributed by atoms with van der Waals surface area (Å²) < 4.78 is 2.23. The Labute approximate surface area is 110 Å². The van der Waals surface area contributed by atoms with E-state index in [1.165, 1.54) is 38.0 Å². The molecule has 0 radical (unpaired) electrons. The van der Waals surface area contributed by atoms with Crippen molar-refractivity contribution in [3.05, 3.63) is 18.2 Å². The molecule has 0 aromatic carbocycles. The molecular formula is C14H26N4. The van der Waals surface area contributed by atoms with Crippen molar-refractivity contribution in [2.24, 2.45) is 5.73 Å². The summed E-state index contributed by atoms with van der Waals surface area (Å²) in [4.78, 5) is 6.84. The Balaban J connectivity index is 1.97. The number of nitrogens with zero attached hydrogens (tertiary/aromatic N) is 3. The van der Waals surface area contributed by atoms with Gasteiger partial charge in [-0.05, 0) is 39.3 Å². The van der Waals surface area contributed by atoms with Gasteiger partial charge in [0.05, 0.1) is 12.0 Å². The normalized spacial score (nSPS) is 20.8. The lowest BCUT2D eigenvalue weighted by Crippen LogP contribution is -2.40. The minimum absolute atomic E-state index is 0.112. The van der Waals surface area contributed by atoms with E-state index >= 15 is 0 Å². The molecule has 1 aliphatic heterocycles. The predicted octanol–water partition coefficient (Wildman–Crippen LogP) is 2.17. The number of aromatic nitrogens is 2. The molecule has 1 fully saturated rings. The highest BCUT2D eigenvalue weighted by Gasteiger charge is 2.18. The fourth-order valence-electron chi connectivity index (χ4n) is 2.76. The first-order valence-electron chi connectivity index (χ1n) is 7.22. The zero-order chi connectivity index (χ0) is 13.0. The molecule has 1 saturated heterocycles. The highest BCUT2D eigenvalue weighted by molar-refractivity contribution is 5.04. The first kappa shape index (κ1) is 13.6. The summed E-state index contributed by atoms with van der Waals surface area (Å²) in [5, 5.41) is 0. The summed E-state index contributed by atoms with van der Waals surface area (Å²) in [6, 6.07) is 0.684. The van der Waals surface area contributed by atoms with Gasteiger partial charge < -0.3 is 10.3 Å². The maximum atomic E-state index is 6.12. The maximum absolute atomic E-state index is 6.12. The van der Waals surface area contributed by atoms with E-state index in [-0.39, 0.29) is 6.04 Å². The predicted molar refractivity (Wildman–Crippen MR) is 74.3 cm³/mol. The smallest absolute Gasteiger partial charge is 0.0949 e. The largest absolute Gasteiger partial charge is 0.332 e. The lowest BCUT2D eigenvalue weighted by Gasteiger charge is -2.33. The van der Waals surface area contributed by atoms with Crippen LogP contribution >= 0.6 is 0 Å². The molecule has 4 heteroatoms. The highest BCUT2D eigenvalue weighted by atomic mass is 15.2. The Morgan fingerprint density at radius 3 is 2.72 bits per heavy atom. The van der Waals surface area contributed by atoms with Crippen LogP contribution in [0.4, 0.5) is 0 Å². The van der Waals surface area contributed by atoms with Crippen molar-refractivity contribution in [3.63, 3.8) is 0 Å². The van der Waals surface area contributed by atoms with E-state index in [0.29, 0.717) is 6.04 Å². The van der Waals surface area contributed by atoms with Crippen LogP contribution in [0, 0.1) is 0 Å². The van der Waals surface area contributed by atoms with Crippen molar-refractivity contribution in [2.75, 3.05) is 13.1 Å². The van der Waals surface area contributed by atoms with Crippen molar-refractivity contribution in [1.82, 2.24) is 14.5 Å². The molecule has 102 valence electrons. The summed E-state index contributed by atoms with van der Waals surface area (Å²) in [7, 11) is 0. The van der Waals surface area contributed by atoms with E-state index in [0.717, 1.165) is 13.0 Å². The molecule has 1 unspecified atom stereocenters. The van der Waals surface area contributed by atoms with Crippen molar-refractivity contribution in [1.29, 1.82) is 0 Å². The van der Waals surface area contributed by atoms with Crippen molar-refractivity contribution >= 4 is 0 Å². The molecule has 1 aromatic heterocycles. The average molecular weight is 250 g/mol. The maximum Gasteiger partial charge on any atom is 0.0949 e. The lowest BCUT2D eigenvalue weighted by molar-refractivity contribution is 0.158. The number of hydrogen-bond donors (Lipinski definition) is 1. The van der Waals surface area contributed by atoms with Gasteiger partial charge in [0.2, 0.25) is 0 Å². The van der Waals surface area contributed by atoms with Crippen LogP contribution in [-0.4, -0.2) is 33.6 Å². The fraction of sp³-hybridized carbons (Fsp3) is 0.786. The first-order chi connectivity index (χ1) is 8.72. The number of likely N-dealkylation sites (tertiary alicyclic amines) is 1. The number of hydrogen-bond acceptors (Lipinski definition) is 3. The van der Waals surface area contributed by atoms with E-state index in [2.05, 4.69) is 28.3 Å². The lowest BCUT2D eigenvalue weighted by atomic mass is 10.1. The third kappa shape index (κ3) is 3.12. The molecule has 0 saturated carbocycles. The van der Waals surface area contributed by atoms with Crippen LogP contribution in [-0.2, 0) is 6.54 Å². The summed E-state index contributed by atoms with van der Waals surface area (Å²) in [5.41, 5.74) is 7.29. The van der Waals surface area contributed by atoms with Gasteiger partial charge in [-0.25, -0.2) is 4.98 Å². The Kier molecular flexibility index (Phi) is 4.78. The van der Waals surface area contributed by atoms with Crippen molar-refractivity contribution in [2.45, 2.75) is 58.2 Å². The molecule has 2 rings (SSSR count). The van der Waals surface area contributed by atoms with Crippen LogP contribution < -0.4 is 5.73 Å². The molecule has 2 atom stereocenters. The molecule has 0 bridgehead atoms. The molecule has 0 amide bonds. The highest BCUT2D eigenvalue weighted by Crippen LogP contribution is 2.17. The van der Waals surface area contributed by atoms with Gasteiger partial charge in [0.1, 0.15) is 0 Å². The molecule has 2 heterocycles. The molecule has 18 heavy (non-hydrogen) atoms. The van der Waals surface area contributed by atoms with E-state index in [1.807, 2.05) is 12.5 Å². The van der Waals surface area contributed by atoms with Crippen LogP contribution in [0.25, 0.3) is 0 Å². The van der Waals surface area contributed by atoms with E-state index in [1.54, 1.807) is 0 Å². The second kappa shape index (κ2) is 6.34. The van der Waals surface area contributed by atoms with E-state index in [4.69, 9.17) is 5.73 Å². The quantitative estimate of drug-likeness (QED) is 0.871. The van der Waals surface area contributed by atoms with Crippen LogP contribution in [0.5, 0.6) is 0 Å². The Hall–Kier alpha value is -0.870. The SMILES string of the molecule is CC[C@@H](N)c1cncn1CC(C)N1CCCCC1. The Morgan fingerprint density at radius 2 is 2.06 bits per heavy atom. The zero-order valence-corrected chi connectivity index (χ0v) is 11.7. The summed E-state index contributed by atoms with van der Waals surface area (Å²) in [6.07, 6.45) is 8.87. The average Bonchev–Trinajstić information content (AvgIpc) is 2.87. The second-order valence-corrected chi connectivity index (χ2v) is 5.43. The molecule has 2 N–H and O–H groups in total. The standard InChI is InChI=1S/C14H26N4/c1-3-13(15)14-9-16-11-18(14)10-12(2)17-7-5-4-6-8-17/h9,11-13H,3-8,10,15H2,1-2H3/t12?,13-/m1/s1. The second-order valence-electron chi connectivity index (χ2n) is 5.43. The van der Waals surface area contributed by atoms with Crippen molar-refractivity contribution in [3.8, 4) is 0 Å². The number of imidazole rings is 1. The van der Waals surface area contributed by atoms with Gasteiger partial charge in [0.15, 0.2) is 0 Å². The van der Waals surface area contributed by atoms with Crippen LogP contribution in [0.15, 0.2) is 12.5 Å². The first-order valence-corrected chi connectivity index (χ1v) is 7.22. The van der Waals surface area contributed by atoms with Gasteiger partial charge in [-0.1, -0.05) is 13.3 Å². The topological polar surface area (TPSA) is 47.1 Å². The molecule has 1 aliphatic rings. The van der Waals surface area contributed by atoms with Gasteiger partial charge in [-0.3, -0.25) is 4.90 Å². The molecule has 0 aliphatic carbocycles. The number of rotatable bonds is 5. The van der Waals surface area contributed by atoms with Crippen LogP contribution in [0.1, 0.15) is 51.3 Å². The van der Waals surface area contributed by atoms with Gasteiger partial charge in [0.25, 0.3) is 0 Å². The molecular weight excluding hydrogens is 224 g/mol. The van der Waals surface area contributed by atoms with Gasteiger partial charge >= 0.3 is 0 Å². The minimum Gasteiger partial charge on any atom is -0.332 e. The number of nitrogens with two attached hydrogens (primary N) is 1. The Morgan fingerprint density at radius 1 is 1.33 bits per heavy atom. The third-order valence-corrected chi connectivity index (χ3v) is 4.04. The fourth-order valence-corrected chi connectivity index (χ4v) is 2.76. The molecule has 1 aromatic rings. The van der Waals surface area contributed by atoms with Gasteiger partial charge in [0, 0.05) is 24.8 Å². The van der Waals surface area contributed by atoms with Crippen molar-refractivity contribution < 1.29 is 0 Å². The Bertz CT molecular complexity index is 354. The van der Waals surface area contributed by atoms with Crippen LogP contribution in [0.2, 0.25) is 0 Å². The zero-order valence-electron chi connectivity index (χ0n) is 11.7.